The van der Waals surface area contributed by atoms with E-state index < -0.39 is 29.6 Å². The molecular formula is C27H42N6O4. The lowest BCUT2D eigenvalue weighted by molar-refractivity contribution is -0.144. The summed E-state index contributed by atoms with van der Waals surface area (Å²) < 4.78 is 0. The lowest BCUT2D eigenvalue weighted by atomic mass is 9.85. The zero-order valence-electron chi connectivity index (χ0n) is 22.6. The predicted molar refractivity (Wildman–Crippen MR) is 141 cm³/mol. The zero-order valence-corrected chi connectivity index (χ0v) is 22.6. The minimum Gasteiger partial charge on any atom is -0.350 e. The average molecular weight is 515 g/mol. The zero-order chi connectivity index (χ0) is 27.3. The Balaban J connectivity index is 1.85. The van der Waals surface area contributed by atoms with Crippen LogP contribution in [0.1, 0.15) is 64.1 Å². The molecule has 1 saturated heterocycles. The topological polar surface area (TPSA) is 146 Å². The molecule has 4 amide bonds. The van der Waals surface area contributed by atoms with Gasteiger partial charge in [0.05, 0.1) is 18.6 Å². The van der Waals surface area contributed by atoms with Crippen LogP contribution in [0.15, 0.2) is 24.3 Å². The molecule has 6 N–H and O–H groups in total. The second-order valence-electron chi connectivity index (χ2n) is 11.2. The Bertz CT molecular complexity index is 1010. The number of nitrogens with one attached hydrogen (secondary N) is 4. The van der Waals surface area contributed by atoms with E-state index in [1.54, 1.807) is 14.0 Å². The van der Waals surface area contributed by atoms with Crippen LogP contribution in [0, 0.1) is 5.41 Å². The van der Waals surface area contributed by atoms with Crippen LogP contribution in [0.25, 0.3) is 0 Å². The van der Waals surface area contributed by atoms with E-state index in [-0.39, 0.29) is 49.2 Å². The van der Waals surface area contributed by atoms with E-state index in [0.29, 0.717) is 0 Å². The molecule has 0 aromatic heterocycles. The summed E-state index contributed by atoms with van der Waals surface area (Å²) >= 11 is 0. The first-order valence-electron chi connectivity index (χ1n) is 13.1. The molecule has 5 atom stereocenters. The van der Waals surface area contributed by atoms with Crippen molar-refractivity contribution in [2.45, 2.75) is 83.6 Å². The number of carbonyl (C=O) groups is 4. The van der Waals surface area contributed by atoms with Crippen LogP contribution in [0.4, 0.5) is 0 Å². The largest absolute Gasteiger partial charge is 0.350 e. The summed E-state index contributed by atoms with van der Waals surface area (Å²) in [5.74, 6) is -1.26. The molecule has 1 aliphatic heterocycles. The fourth-order valence-corrected chi connectivity index (χ4v) is 5.10. The first-order chi connectivity index (χ1) is 17.5. The summed E-state index contributed by atoms with van der Waals surface area (Å²) in [5, 5.41) is 11.8. The maximum Gasteiger partial charge on any atom is 0.246 e. The quantitative estimate of drug-likeness (QED) is 0.339. The molecule has 0 spiro atoms. The van der Waals surface area contributed by atoms with Crippen LogP contribution < -0.4 is 27.0 Å². The van der Waals surface area contributed by atoms with Crippen molar-refractivity contribution in [1.29, 1.82) is 0 Å². The minimum atomic E-state index is -0.856. The van der Waals surface area contributed by atoms with Gasteiger partial charge < -0.3 is 31.9 Å². The summed E-state index contributed by atoms with van der Waals surface area (Å²) in [6, 6.07) is 5.41. The highest BCUT2D eigenvalue weighted by Gasteiger charge is 2.45. The number of nitrogens with zero attached hydrogens (tertiary/aromatic N) is 1. The molecule has 10 nitrogen and oxygen atoms in total. The maximum absolute atomic E-state index is 13.9. The van der Waals surface area contributed by atoms with Gasteiger partial charge in [0.15, 0.2) is 0 Å². The second kappa shape index (κ2) is 12.0. The third kappa shape index (κ3) is 6.87. The number of likely N-dealkylation sites (N-methyl/N-ethyl adjacent to an activating group) is 1. The second-order valence-corrected chi connectivity index (χ2v) is 11.2. The van der Waals surface area contributed by atoms with E-state index >= 15 is 0 Å². The van der Waals surface area contributed by atoms with Crippen LogP contribution in [0.3, 0.4) is 0 Å². The SMILES string of the molecule is CN[C@@H](C)C(=O)N[C@H](C(=O)N1C[C@@H](NC(=O)CN)C[C@H]1C(=O)N[C@@H]1CCCc2ccccc21)C(C)(C)C. The number of aryl methyl sites for hydroxylation is 1. The summed E-state index contributed by atoms with van der Waals surface area (Å²) in [5.41, 5.74) is 7.20. The molecule has 37 heavy (non-hydrogen) atoms. The molecular weight excluding hydrogens is 472 g/mol. The number of amides is 4. The number of nitrogens with two attached hydrogens (primary N) is 1. The number of likely N-dealkylation sites (tertiary alicyclic amines) is 1. The fraction of sp³-hybridized carbons (Fsp3) is 0.630. The summed E-state index contributed by atoms with van der Waals surface area (Å²) in [4.78, 5) is 53.8. The predicted octanol–water partition coefficient (Wildman–Crippen LogP) is 0.363. The van der Waals surface area contributed by atoms with Crippen molar-refractivity contribution >= 4 is 23.6 Å². The smallest absolute Gasteiger partial charge is 0.246 e. The van der Waals surface area contributed by atoms with Gasteiger partial charge >= 0.3 is 0 Å². The van der Waals surface area contributed by atoms with E-state index in [2.05, 4.69) is 27.3 Å². The van der Waals surface area contributed by atoms with Crippen molar-refractivity contribution in [3.8, 4) is 0 Å². The molecule has 3 rings (SSSR count). The molecule has 1 heterocycles. The molecule has 1 aromatic carbocycles. The number of hydrogen-bond donors (Lipinski definition) is 5. The highest BCUT2D eigenvalue weighted by Crippen LogP contribution is 2.31. The van der Waals surface area contributed by atoms with E-state index in [9.17, 15) is 19.2 Å². The summed E-state index contributed by atoms with van der Waals surface area (Å²) in [6.07, 6.45) is 3.03. The Labute approximate surface area is 219 Å². The van der Waals surface area contributed by atoms with Gasteiger partial charge in [-0.25, -0.2) is 0 Å². The van der Waals surface area contributed by atoms with Crippen LogP contribution in [-0.4, -0.2) is 72.8 Å². The molecule has 10 heteroatoms. The number of carbonyl (C=O) groups excluding carboxylic acids is 4. The summed E-state index contributed by atoms with van der Waals surface area (Å²) in [6.45, 7) is 7.32. The van der Waals surface area contributed by atoms with Gasteiger partial charge in [0.1, 0.15) is 12.1 Å². The number of fused-ring (bicyclic) bond motifs is 1. The molecule has 1 aliphatic carbocycles. The van der Waals surface area contributed by atoms with Crippen molar-refractivity contribution in [2.24, 2.45) is 11.1 Å². The van der Waals surface area contributed by atoms with E-state index in [1.807, 2.05) is 39.0 Å². The molecule has 1 fully saturated rings. The average Bonchev–Trinajstić information content (AvgIpc) is 3.29. The summed E-state index contributed by atoms with van der Waals surface area (Å²) in [7, 11) is 1.67. The Hall–Kier alpha value is -2.98. The van der Waals surface area contributed by atoms with Crippen LogP contribution in [-0.2, 0) is 25.6 Å². The van der Waals surface area contributed by atoms with Crippen molar-refractivity contribution < 1.29 is 19.2 Å². The van der Waals surface area contributed by atoms with Gasteiger partial charge in [-0.05, 0) is 56.2 Å². The fourth-order valence-electron chi connectivity index (χ4n) is 5.10. The lowest BCUT2D eigenvalue weighted by Crippen LogP contribution is -2.59. The first kappa shape index (κ1) is 28.6. The Morgan fingerprint density at radius 3 is 2.49 bits per heavy atom. The highest BCUT2D eigenvalue weighted by atomic mass is 16.2. The number of hydrogen-bond acceptors (Lipinski definition) is 6. The normalized spacial score (nSPS) is 23.0. The molecule has 1 aromatic rings. The van der Waals surface area contributed by atoms with Gasteiger partial charge in [-0.2, -0.15) is 0 Å². The molecule has 0 unspecified atom stereocenters. The number of benzene rings is 1. The van der Waals surface area contributed by atoms with Crippen LogP contribution in [0.2, 0.25) is 0 Å². The standard InChI is InChI=1S/C27H42N6O4/c1-16(29-5)24(35)32-23(27(2,3)4)26(37)33-15-18(30-22(34)14-28)13-21(33)25(36)31-20-12-8-10-17-9-6-7-11-19(17)20/h6-7,9,11,16,18,20-21,23,29H,8,10,12-15,28H2,1-5H3,(H,30,34)(H,31,36)(H,32,35)/t16-,18-,20+,21-,23+/m0/s1. The Morgan fingerprint density at radius 1 is 1.14 bits per heavy atom. The molecule has 0 bridgehead atoms. The lowest BCUT2D eigenvalue weighted by Gasteiger charge is -2.36. The third-order valence-corrected chi connectivity index (χ3v) is 7.35. The molecule has 2 aliphatic rings. The van der Waals surface area contributed by atoms with Crippen LogP contribution >= 0.6 is 0 Å². The number of rotatable bonds is 8. The van der Waals surface area contributed by atoms with E-state index in [1.165, 1.54) is 10.5 Å². The van der Waals surface area contributed by atoms with E-state index in [0.717, 1.165) is 24.8 Å². The van der Waals surface area contributed by atoms with Crippen molar-refractivity contribution in [3.63, 3.8) is 0 Å². The van der Waals surface area contributed by atoms with E-state index in [4.69, 9.17) is 5.73 Å². The third-order valence-electron chi connectivity index (χ3n) is 7.35. The maximum atomic E-state index is 13.9. The van der Waals surface area contributed by atoms with Gasteiger partial charge in [0.2, 0.25) is 23.6 Å². The molecule has 204 valence electrons. The van der Waals surface area contributed by atoms with Crippen molar-refractivity contribution in [3.05, 3.63) is 35.4 Å². The Morgan fingerprint density at radius 2 is 1.84 bits per heavy atom. The highest BCUT2D eigenvalue weighted by molar-refractivity contribution is 5.94. The Kier molecular flexibility index (Phi) is 9.31. The molecule has 0 radical (unpaired) electrons. The molecule has 0 saturated carbocycles. The van der Waals surface area contributed by atoms with Gasteiger partial charge in [-0.1, -0.05) is 45.0 Å². The monoisotopic (exact) mass is 514 g/mol. The first-order valence-corrected chi connectivity index (χ1v) is 13.1. The van der Waals surface area contributed by atoms with Crippen LogP contribution in [0.5, 0.6) is 0 Å². The van der Waals surface area contributed by atoms with Gasteiger partial charge in [-0.15, -0.1) is 0 Å². The van der Waals surface area contributed by atoms with Gasteiger partial charge in [0, 0.05) is 12.6 Å². The van der Waals surface area contributed by atoms with Crippen molar-refractivity contribution in [2.75, 3.05) is 20.1 Å². The van der Waals surface area contributed by atoms with Gasteiger partial charge in [-0.3, -0.25) is 19.2 Å². The van der Waals surface area contributed by atoms with Gasteiger partial charge in [0.25, 0.3) is 0 Å². The van der Waals surface area contributed by atoms with Crippen molar-refractivity contribution in [1.82, 2.24) is 26.2 Å². The minimum absolute atomic E-state index is 0.137.